The molecule has 24 heavy (non-hydrogen) atoms. The Morgan fingerprint density at radius 3 is 2.38 bits per heavy atom. The highest BCUT2D eigenvalue weighted by Gasteiger charge is 2.09. The lowest BCUT2D eigenvalue weighted by Crippen LogP contribution is -2.18. The number of carbonyl (C=O) groups is 2. The average molecular weight is 366 g/mol. The van der Waals surface area contributed by atoms with Gasteiger partial charge in [-0.25, -0.2) is 0 Å². The van der Waals surface area contributed by atoms with E-state index in [9.17, 15) is 9.59 Å². The summed E-state index contributed by atoms with van der Waals surface area (Å²) in [6.45, 7) is 4.32. The fraction of sp³-hybridized carbons (Fsp3) is 0.333. The van der Waals surface area contributed by atoms with E-state index in [-0.39, 0.29) is 23.3 Å². The van der Waals surface area contributed by atoms with Crippen LogP contribution in [0, 0.1) is 6.92 Å². The lowest BCUT2D eigenvalue weighted by atomic mass is 10.3. The third-order valence-corrected chi connectivity index (χ3v) is 4.37. The van der Waals surface area contributed by atoms with Crippen LogP contribution >= 0.6 is 23.1 Å². The lowest BCUT2D eigenvalue weighted by molar-refractivity contribution is -0.114. The predicted molar refractivity (Wildman–Crippen MR) is 96.8 cm³/mol. The fourth-order valence-corrected chi connectivity index (χ4v) is 2.96. The largest absolute Gasteiger partial charge is 0.494 e. The first kappa shape index (κ1) is 18.2. The van der Waals surface area contributed by atoms with E-state index in [1.165, 1.54) is 23.1 Å². The Morgan fingerprint density at radius 1 is 1.12 bits per heavy atom. The van der Waals surface area contributed by atoms with E-state index in [1.54, 1.807) is 24.3 Å². The number of hydrogen-bond acceptors (Lipinski definition) is 7. The summed E-state index contributed by atoms with van der Waals surface area (Å²) in [5.74, 6) is 0.757. The standard InChI is InChI=1S/C15H18N4O3S2/c1-3-22-12-6-4-11(5-7-12)16-13(20)8-23-9-14(21)17-15-19-18-10(2)24-15/h4-7H,3,8-9H2,1-2H3,(H,16,20)(H,17,19,21). The van der Waals surface area contributed by atoms with E-state index in [0.717, 1.165) is 10.8 Å². The van der Waals surface area contributed by atoms with Gasteiger partial charge in [-0.15, -0.1) is 22.0 Å². The van der Waals surface area contributed by atoms with E-state index in [0.29, 0.717) is 17.4 Å². The average Bonchev–Trinajstić information content (AvgIpc) is 2.94. The number of benzene rings is 1. The molecule has 0 aliphatic carbocycles. The topological polar surface area (TPSA) is 93.2 Å². The molecule has 0 saturated heterocycles. The van der Waals surface area contributed by atoms with Crippen LogP contribution in [0.1, 0.15) is 11.9 Å². The van der Waals surface area contributed by atoms with Crippen molar-refractivity contribution in [3.05, 3.63) is 29.3 Å². The minimum Gasteiger partial charge on any atom is -0.494 e. The lowest BCUT2D eigenvalue weighted by Gasteiger charge is -2.07. The van der Waals surface area contributed by atoms with Gasteiger partial charge in [-0.2, -0.15) is 0 Å². The van der Waals surface area contributed by atoms with Crippen molar-refractivity contribution in [2.24, 2.45) is 0 Å². The van der Waals surface area contributed by atoms with Gasteiger partial charge < -0.3 is 10.1 Å². The molecule has 2 N–H and O–H groups in total. The molecule has 2 aromatic rings. The van der Waals surface area contributed by atoms with Crippen LogP contribution in [0.5, 0.6) is 5.75 Å². The van der Waals surface area contributed by atoms with E-state index in [2.05, 4.69) is 20.8 Å². The second-order valence-corrected chi connectivity index (χ2v) is 6.84. The van der Waals surface area contributed by atoms with Gasteiger partial charge in [0.15, 0.2) is 0 Å². The monoisotopic (exact) mass is 366 g/mol. The van der Waals surface area contributed by atoms with Crippen LogP contribution in [0.25, 0.3) is 0 Å². The molecule has 7 nitrogen and oxygen atoms in total. The van der Waals surface area contributed by atoms with Gasteiger partial charge in [0.05, 0.1) is 18.1 Å². The molecular formula is C15H18N4O3S2. The van der Waals surface area contributed by atoms with E-state index in [4.69, 9.17) is 4.74 Å². The molecule has 0 aliphatic heterocycles. The number of anilines is 2. The molecule has 0 aliphatic rings. The number of amides is 2. The number of nitrogens with one attached hydrogen (secondary N) is 2. The second kappa shape index (κ2) is 9.24. The van der Waals surface area contributed by atoms with Crippen LogP contribution in [0.3, 0.4) is 0 Å². The third kappa shape index (κ3) is 6.17. The molecule has 1 aromatic carbocycles. The van der Waals surface area contributed by atoms with Gasteiger partial charge in [0.2, 0.25) is 16.9 Å². The molecule has 0 saturated carbocycles. The molecule has 0 atom stereocenters. The van der Waals surface area contributed by atoms with Crippen molar-refractivity contribution in [2.45, 2.75) is 13.8 Å². The Bertz CT molecular complexity index is 688. The number of aromatic nitrogens is 2. The summed E-state index contributed by atoms with van der Waals surface area (Å²) in [6.07, 6.45) is 0. The van der Waals surface area contributed by atoms with Gasteiger partial charge in [-0.1, -0.05) is 11.3 Å². The molecule has 9 heteroatoms. The number of carbonyl (C=O) groups excluding carboxylic acids is 2. The second-order valence-electron chi connectivity index (χ2n) is 4.67. The minimum absolute atomic E-state index is 0.163. The number of rotatable bonds is 8. The van der Waals surface area contributed by atoms with Crippen molar-refractivity contribution in [3.63, 3.8) is 0 Å². The molecular weight excluding hydrogens is 348 g/mol. The Labute approximate surface area is 148 Å². The number of ether oxygens (including phenoxy) is 1. The van der Waals surface area contributed by atoms with Crippen molar-refractivity contribution in [3.8, 4) is 5.75 Å². The van der Waals surface area contributed by atoms with Crippen LogP contribution in [-0.2, 0) is 9.59 Å². The maximum atomic E-state index is 11.9. The summed E-state index contributed by atoms with van der Waals surface area (Å²) in [6, 6.07) is 7.14. The maximum absolute atomic E-state index is 11.9. The van der Waals surface area contributed by atoms with Gasteiger partial charge in [-0.3, -0.25) is 14.9 Å². The van der Waals surface area contributed by atoms with Gasteiger partial charge in [-0.05, 0) is 38.1 Å². The van der Waals surface area contributed by atoms with Crippen molar-refractivity contribution in [1.29, 1.82) is 0 Å². The van der Waals surface area contributed by atoms with Gasteiger partial charge in [0, 0.05) is 5.69 Å². The normalized spacial score (nSPS) is 10.2. The van der Waals surface area contributed by atoms with Crippen LogP contribution in [0.4, 0.5) is 10.8 Å². The summed E-state index contributed by atoms with van der Waals surface area (Å²) in [4.78, 5) is 23.6. The van der Waals surface area contributed by atoms with E-state index < -0.39 is 0 Å². The van der Waals surface area contributed by atoms with Crippen LogP contribution in [0.2, 0.25) is 0 Å². The van der Waals surface area contributed by atoms with Gasteiger partial charge >= 0.3 is 0 Å². The van der Waals surface area contributed by atoms with Crippen LogP contribution in [-0.4, -0.2) is 40.1 Å². The molecule has 1 aromatic heterocycles. The molecule has 0 bridgehead atoms. The smallest absolute Gasteiger partial charge is 0.236 e. The van der Waals surface area contributed by atoms with E-state index in [1.807, 2.05) is 13.8 Å². The minimum atomic E-state index is -0.204. The third-order valence-electron chi connectivity index (χ3n) is 2.69. The predicted octanol–water partition coefficient (Wildman–Crippen LogP) is 2.56. The molecule has 0 spiro atoms. The SMILES string of the molecule is CCOc1ccc(NC(=O)CSCC(=O)Nc2nnc(C)s2)cc1. The molecule has 128 valence electrons. The van der Waals surface area contributed by atoms with Gasteiger partial charge in [0.1, 0.15) is 10.8 Å². The van der Waals surface area contributed by atoms with Gasteiger partial charge in [0.25, 0.3) is 0 Å². The Balaban J connectivity index is 1.68. The summed E-state index contributed by atoms with van der Waals surface area (Å²) in [5, 5.41) is 14.3. The Morgan fingerprint density at radius 2 is 1.79 bits per heavy atom. The summed E-state index contributed by atoms with van der Waals surface area (Å²) in [7, 11) is 0. The zero-order valence-corrected chi connectivity index (χ0v) is 15.0. The maximum Gasteiger partial charge on any atom is 0.236 e. The highest BCUT2D eigenvalue weighted by atomic mass is 32.2. The number of nitrogens with zero attached hydrogens (tertiary/aromatic N) is 2. The van der Waals surface area contributed by atoms with Crippen molar-refractivity contribution in [1.82, 2.24) is 10.2 Å². The summed E-state index contributed by atoms with van der Waals surface area (Å²) < 4.78 is 5.34. The van der Waals surface area contributed by atoms with Crippen molar-refractivity contribution >= 4 is 45.7 Å². The van der Waals surface area contributed by atoms with E-state index >= 15 is 0 Å². The first-order valence-electron chi connectivity index (χ1n) is 7.27. The summed E-state index contributed by atoms with van der Waals surface area (Å²) in [5.41, 5.74) is 0.692. The molecule has 0 unspecified atom stereocenters. The van der Waals surface area contributed by atoms with Crippen molar-refractivity contribution < 1.29 is 14.3 Å². The quantitative estimate of drug-likeness (QED) is 0.746. The molecule has 2 rings (SSSR count). The number of thioether (sulfide) groups is 1. The molecule has 0 radical (unpaired) electrons. The Kier molecular flexibility index (Phi) is 7.01. The number of hydrogen-bond donors (Lipinski definition) is 2. The molecule has 0 fully saturated rings. The fourth-order valence-electron chi connectivity index (χ4n) is 1.74. The highest BCUT2D eigenvalue weighted by molar-refractivity contribution is 8.00. The first-order valence-corrected chi connectivity index (χ1v) is 9.24. The van der Waals surface area contributed by atoms with Crippen molar-refractivity contribution in [2.75, 3.05) is 28.7 Å². The molecule has 2 amide bonds. The first-order chi connectivity index (χ1) is 11.6. The Hall–Kier alpha value is -2.13. The zero-order chi connectivity index (χ0) is 17.4. The van der Waals surface area contributed by atoms with Crippen LogP contribution < -0.4 is 15.4 Å². The summed E-state index contributed by atoms with van der Waals surface area (Å²) >= 11 is 2.54. The van der Waals surface area contributed by atoms with Crippen LogP contribution in [0.15, 0.2) is 24.3 Å². The number of aryl methyl sites for hydroxylation is 1. The molecule has 1 heterocycles. The zero-order valence-electron chi connectivity index (χ0n) is 13.4. The highest BCUT2D eigenvalue weighted by Crippen LogP contribution is 2.16.